The largest absolute Gasteiger partial charge is 0.481 e. The van der Waals surface area contributed by atoms with Gasteiger partial charge in [0.15, 0.2) is 0 Å². The summed E-state index contributed by atoms with van der Waals surface area (Å²) in [6.45, 7) is -1.65. The van der Waals surface area contributed by atoms with E-state index in [0.29, 0.717) is 16.5 Å². The molecule has 1 aromatic heterocycles. The minimum atomic E-state index is -2.96. The van der Waals surface area contributed by atoms with Crippen molar-refractivity contribution in [1.82, 2.24) is 20.1 Å². The number of aliphatic imine (C=N–C) groups is 1. The molecule has 2 aromatic carbocycles. The second kappa shape index (κ2) is 12.6. The molecule has 1 aliphatic heterocycles. The number of aromatic nitrogens is 1. The van der Waals surface area contributed by atoms with Crippen LogP contribution in [0, 0.1) is 5.92 Å². The minimum Gasteiger partial charge on any atom is -0.481 e. The van der Waals surface area contributed by atoms with Crippen LogP contribution < -0.4 is 14.8 Å². The van der Waals surface area contributed by atoms with Gasteiger partial charge in [0.05, 0.1) is 24.3 Å². The van der Waals surface area contributed by atoms with Crippen molar-refractivity contribution in [2.24, 2.45) is 10.9 Å². The summed E-state index contributed by atoms with van der Waals surface area (Å²) in [6, 6.07) is 15.2. The van der Waals surface area contributed by atoms with Gasteiger partial charge in [0.2, 0.25) is 18.2 Å². The number of nitrogens with one attached hydrogen (secondary N) is 1. The molecule has 1 fully saturated rings. The zero-order chi connectivity index (χ0) is 28.8. The van der Waals surface area contributed by atoms with Gasteiger partial charge in [0.1, 0.15) is 11.5 Å². The van der Waals surface area contributed by atoms with Gasteiger partial charge in [-0.3, -0.25) is 19.9 Å². The van der Waals surface area contributed by atoms with Crippen LogP contribution in [0.1, 0.15) is 12.5 Å². The Balaban J connectivity index is 1.54. The number of benzene rings is 2. The summed E-state index contributed by atoms with van der Waals surface area (Å²) in [4.78, 5) is 35.0. The fraction of sp³-hybridized carbons (Fsp3) is 0.231. The molecule has 0 bridgehead atoms. The van der Waals surface area contributed by atoms with Gasteiger partial charge in [-0.25, -0.2) is 14.8 Å². The van der Waals surface area contributed by atoms with E-state index in [1.54, 1.807) is 48.5 Å². The molecule has 210 valence electrons. The summed E-state index contributed by atoms with van der Waals surface area (Å²) in [6.07, 6.45) is -0.398. The van der Waals surface area contributed by atoms with E-state index < -0.39 is 30.9 Å². The highest BCUT2D eigenvalue weighted by Crippen LogP contribution is 2.26. The summed E-state index contributed by atoms with van der Waals surface area (Å²) < 4.78 is 34.5. The molecule has 0 radical (unpaired) electrons. The lowest BCUT2D eigenvalue weighted by Gasteiger charge is -2.42. The number of ether oxygens (including phenoxy) is 2. The second-order valence-corrected chi connectivity index (χ2v) is 9.10. The van der Waals surface area contributed by atoms with Crippen molar-refractivity contribution < 1.29 is 38.1 Å². The van der Waals surface area contributed by atoms with Gasteiger partial charge in [0, 0.05) is 17.6 Å². The molecule has 2 amide bonds. The molecule has 40 heavy (non-hydrogen) atoms. The SMILES string of the molecule is C[C@@H](CN1C(=O)NC(=Nc2ccc(Oc3ccc(OC(F)F)cn3)cc2)N(Cc2ccc(Cl)cc2)C1O)C(=O)O. The molecule has 0 saturated carbocycles. The molecule has 1 aliphatic rings. The van der Waals surface area contributed by atoms with Crippen LogP contribution in [0.5, 0.6) is 17.4 Å². The first-order valence-electron chi connectivity index (χ1n) is 11.9. The van der Waals surface area contributed by atoms with E-state index in [2.05, 4.69) is 20.0 Å². The van der Waals surface area contributed by atoms with Gasteiger partial charge in [-0.15, -0.1) is 0 Å². The van der Waals surface area contributed by atoms with Crippen molar-refractivity contribution in [2.75, 3.05) is 6.54 Å². The molecule has 0 spiro atoms. The average molecular weight is 576 g/mol. The highest BCUT2D eigenvalue weighted by molar-refractivity contribution is 6.30. The monoisotopic (exact) mass is 575 g/mol. The molecule has 11 nitrogen and oxygen atoms in total. The molecular weight excluding hydrogens is 552 g/mol. The maximum atomic E-state index is 12.8. The summed E-state index contributed by atoms with van der Waals surface area (Å²) >= 11 is 5.98. The van der Waals surface area contributed by atoms with Crippen LogP contribution >= 0.6 is 11.6 Å². The highest BCUT2D eigenvalue weighted by atomic mass is 35.5. The number of hydrogen-bond donors (Lipinski definition) is 3. The number of carboxylic acids is 1. The minimum absolute atomic E-state index is 0.0385. The smallest absolute Gasteiger partial charge is 0.387 e. The van der Waals surface area contributed by atoms with Crippen LogP contribution in [0.25, 0.3) is 0 Å². The maximum Gasteiger partial charge on any atom is 0.387 e. The van der Waals surface area contributed by atoms with Gasteiger partial charge >= 0.3 is 18.6 Å². The molecule has 1 saturated heterocycles. The number of halogens is 3. The number of urea groups is 1. The Kier molecular flexibility index (Phi) is 8.97. The first-order chi connectivity index (χ1) is 19.1. The maximum absolute atomic E-state index is 12.8. The quantitative estimate of drug-likeness (QED) is 0.318. The molecule has 1 unspecified atom stereocenters. The van der Waals surface area contributed by atoms with Crippen LogP contribution in [0.2, 0.25) is 5.02 Å². The number of carbonyl (C=O) groups is 2. The number of guanidine groups is 1. The number of aliphatic hydroxyl groups excluding tert-OH is 1. The topological polar surface area (TPSA) is 137 Å². The van der Waals surface area contributed by atoms with Crippen molar-refractivity contribution in [3.8, 4) is 17.4 Å². The van der Waals surface area contributed by atoms with Crippen molar-refractivity contribution in [2.45, 2.75) is 26.4 Å². The number of pyridine rings is 1. The predicted octanol–water partition coefficient (Wildman–Crippen LogP) is 4.64. The summed E-state index contributed by atoms with van der Waals surface area (Å²) in [5, 5.41) is 23.5. The molecule has 0 aliphatic carbocycles. The number of carbonyl (C=O) groups excluding carboxylic acids is 1. The molecule has 4 rings (SSSR count). The predicted molar refractivity (Wildman–Crippen MR) is 140 cm³/mol. The van der Waals surface area contributed by atoms with E-state index in [4.69, 9.17) is 16.3 Å². The van der Waals surface area contributed by atoms with E-state index in [1.807, 2.05) is 0 Å². The number of nitrogens with zero attached hydrogens (tertiary/aromatic N) is 4. The van der Waals surface area contributed by atoms with E-state index in [1.165, 1.54) is 24.0 Å². The number of aliphatic carboxylic acids is 1. The van der Waals surface area contributed by atoms with E-state index >= 15 is 0 Å². The summed E-state index contributed by atoms with van der Waals surface area (Å²) in [7, 11) is 0. The van der Waals surface area contributed by atoms with Crippen molar-refractivity contribution in [3.63, 3.8) is 0 Å². The third kappa shape index (κ3) is 7.33. The van der Waals surface area contributed by atoms with Crippen LogP contribution in [0.3, 0.4) is 0 Å². The Bertz CT molecular complexity index is 1360. The first-order valence-corrected chi connectivity index (χ1v) is 12.2. The number of hydrogen-bond acceptors (Lipinski definition) is 7. The third-order valence-corrected chi connectivity index (χ3v) is 5.95. The lowest BCUT2D eigenvalue weighted by molar-refractivity contribution is -0.143. The Hall–Kier alpha value is -4.49. The highest BCUT2D eigenvalue weighted by Gasteiger charge is 2.37. The third-order valence-electron chi connectivity index (χ3n) is 5.70. The first kappa shape index (κ1) is 28.5. The summed E-state index contributed by atoms with van der Waals surface area (Å²) in [5.41, 5.74) is 1.15. The molecule has 2 heterocycles. The number of aliphatic hydroxyl groups is 1. The van der Waals surface area contributed by atoms with Crippen molar-refractivity contribution in [1.29, 1.82) is 0 Å². The van der Waals surface area contributed by atoms with E-state index in [9.17, 15) is 28.6 Å². The Labute approximate surface area is 232 Å². The molecule has 2 atom stereocenters. The van der Waals surface area contributed by atoms with Crippen molar-refractivity contribution in [3.05, 3.63) is 77.4 Å². The number of amides is 2. The zero-order valence-corrected chi connectivity index (χ0v) is 21.7. The number of rotatable bonds is 10. The van der Waals surface area contributed by atoms with Crippen LogP contribution in [-0.4, -0.2) is 62.5 Å². The van der Waals surface area contributed by atoms with Gasteiger partial charge in [-0.1, -0.05) is 30.7 Å². The van der Waals surface area contributed by atoms with Crippen molar-refractivity contribution >= 4 is 35.2 Å². The zero-order valence-electron chi connectivity index (χ0n) is 20.9. The molecule has 14 heteroatoms. The van der Waals surface area contributed by atoms with Gasteiger partial charge < -0.3 is 19.7 Å². The Morgan fingerprint density at radius 3 is 2.38 bits per heavy atom. The fourth-order valence-electron chi connectivity index (χ4n) is 3.64. The lowest BCUT2D eigenvalue weighted by Crippen LogP contribution is -2.66. The van der Waals surface area contributed by atoms with E-state index in [0.717, 1.165) is 16.7 Å². The van der Waals surface area contributed by atoms with Gasteiger partial charge in [-0.05, 0) is 48.0 Å². The van der Waals surface area contributed by atoms with Crippen LogP contribution in [-0.2, 0) is 11.3 Å². The van der Waals surface area contributed by atoms with Crippen LogP contribution in [0.15, 0.2) is 71.9 Å². The molecular formula is C26H24ClF2N5O6. The molecule has 3 aromatic rings. The van der Waals surface area contributed by atoms with Gasteiger partial charge in [-0.2, -0.15) is 8.78 Å². The average Bonchev–Trinajstić information content (AvgIpc) is 2.91. The number of alkyl halides is 2. The van der Waals surface area contributed by atoms with Gasteiger partial charge in [0.25, 0.3) is 0 Å². The second-order valence-electron chi connectivity index (χ2n) is 8.66. The Morgan fingerprint density at radius 1 is 1.10 bits per heavy atom. The Morgan fingerprint density at radius 2 is 1.77 bits per heavy atom. The van der Waals surface area contributed by atoms with E-state index in [-0.39, 0.29) is 30.7 Å². The fourth-order valence-corrected chi connectivity index (χ4v) is 3.76. The lowest BCUT2D eigenvalue weighted by atomic mass is 10.1. The number of carboxylic acid groups (broad SMARTS) is 1. The normalized spacial score (nSPS) is 17.1. The standard InChI is InChI=1S/C26H24ClF2N5O6/c1-15(22(35)36)13-34-25(37)32-24(33(26(34)38)14-16-2-4-17(27)5-3-16)31-18-6-8-19(9-7-18)39-21-11-10-20(12-30-21)40-23(28)29/h2-12,15,23,26,38H,13-14H2,1H3,(H,35,36)(H,31,32,37)/t15-,26?/m0/s1. The molecule has 3 N–H and O–H groups in total. The van der Waals surface area contributed by atoms with Crippen LogP contribution in [0.4, 0.5) is 19.3 Å². The summed E-state index contributed by atoms with van der Waals surface area (Å²) in [5.74, 6) is -1.59.